The lowest BCUT2D eigenvalue weighted by Gasteiger charge is -2.10. The second-order valence-electron chi connectivity index (χ2n) is 3.92. The molecule has 0 aliphatic rings. The van der Waals surface area contributed by atoms with Crippen molar-refractivity contribution in [2.75, 3.05) is 13.2 Å². The zero-order chi connectivity index (χ0) is 12.5. The molecule has 0 saturated carbocycles. The fraction of sp³-hybridized carbons (Fsp3) is 0.583. The van der Waals surface area contributed by atoms with Gasteiger partial charge in [-0.1, -0.05) is 18.9 Å². The van der Waals surface area contributed by atoms with Gasteiger partial charge in [0.1, 0.15) is 6.04 Å². The number of carbonyl (C=O) groups is 1. The summed E-state index contributed by atoms with van der Waals surface area (Å²) in [4.78, 5) is 12.6. The zero-order valence-corrected chi connectivity index (χ0v) is 10.7. The molecule has 0 aromatic carbocycles. The van der Waals surface area contributed by atoms with Gasteiger partial charge in [-0.05, 0) is 24.3 Å². The first-order valence-corrected chi connectivity index (χ1v) is 6.81. The van der Waals surface area contributed by atoms with Crippen molar-refractivity contribution in [2.24, 2.45) is 5.73 Å². The van der Waals surface area contributed by atoms with E-state index in [2.05, 4.69) is 5.32 Å². The van der Waals surface area contributed by atoms with E-state index in [-0.39, 0.29) is 12.5 Å². The van der Waals surface area contributed by atoms with Gasteiger partial charge >= 0.3 is 0 Å². The third-order valence-electron chi connectivity index (χ3n) is 2.52. The molecule has 17 heavy (non-hydrogen) atoms. The predicted molar refractivity (Wildman–Crippen MR) is 69.8 cm³/mol. The van der Waals surface area contributed by atoms with Gasteiger partial charge in [0, 0.05) is 18.0 Å². The summed E-state index contributed by atoms with van der Waals surface area (Å²) in [5.41, 5.74) is 5.81. The predicted octanol–water partition coefficient (Wildman–Crippen LogP) is 1.42. The maximum Gasteiger partial charge on any atom is 0.242 e. The number of hydrogen-bond acceptors (Lipinski definition) is 4. The summed E-state index contributed by atoms with van der Waals surface area (Å²) < 4.78 is 0. The molecule has 0 radical (unpaired) electrons. The van der Waals surface area contributed by atoms with E-state index in [0.29, 0.717) is 6.54 Å². The number of unbranched alkanes of at least 4 members (excludes halogenated alkanes) is 3. The van der Waals surface area contributed by atoms with E-state index >= 15 is 0 Å². The molecule has 1 heterocycles. The summed E-state index contributed by atoms with van der Waals surface area (Å²) in [5.74, 6) is -0.116. The molecule has 1 aromatic rings. The molecule has 0 fully saturated rings. The molecule has 5 heteroatoms. The summed E-state index contributed by atoms with van der Waals surface area (Å²) in [6.45, 7) is 0.902. The highest BCUT2D eigenvalue weighted by Gasteiger charge is 2.15. The molecule has 1 aromatic heterocycles. The van der Waals surface area contributed by atoms with E-state index in [0.717, 1.165) is 30.6 Å². The Kier molecular flexibility index (Phi) is 6.84. The van der Waals surface area contributed by atoms with Crippen LogP contribution in [0.15, 0.2) is 17.5 Å². The van der Waals surface area contributed by atoms with E-state index in [1.54, 1.807) is 0 Å². The van der Waals surface area contributed by atoms with Crippen molar-refractivity contribution in [3.63, 3.8) is 0 Å². The molecular formula is C12H20N2O2S. The number of nitrogens with two attached hydrogens (primary N) is 1. The largest absolute Gasteiger partial charge is 0.396 e. The van der Waals surface area contributed by atoms with Gasteiger partial charge in [-0.3, -0.25) is 4.79 Å². The zero-order valence-electron chi connectivity index (χ0n) is 9.89. The lowest BCUT2D eigenvalue weighted by Crippen LogP contribution is -2.34. The van der Waals surface area contributed by atoms with Gasteiger partial charge in [0.25, 0.3) is 0 Å². The molecule has 1 rings (SSSR count). The van der Waals surface area contributed by atoms with Crippen LogP contribution >= 0.6 is 11.3 Å². The van der Waals surface area contributed by atoms with E-state index in [1.165, 1.54) is 11.3 Å². The van der Waals surface area contributed by atoms with Gasteiger partial charge in [0.05, 0.1) is 0 Å². The first kappa shape index (κ1) is 14.2. The second kappa shape index (κ2) is 8.22. The first-order chi connectivity index (χ1) is 8.25. The fourth-order valence-electron chi connectivity index (χ4n) is 1.51. The number of carbonyl (C=O) groups excluding carboxylic acids is 1. The van der Waals surface area contributed by atoms with Gasteiger partial charge in [0.2, 0.25) is 5.91 Å². The van der Waals surface area contributed by atoms with Crippen molar-refractivity contribution < 1.29 is 9.90 Å². The Bertz CT molecular complexity index is 314. The molecule has 0 aliphatic heterocycles. The van der Waals surface area contributed by atoms with Crippen molar-refractivity contribution in [1.29, 1.82) is 0 Å². The molecule has 4 N–H and O–H groups in total. The minimum atomic E-state index is -0.549. The number of hydrogen-bond donors (Lipinski definition) is 3. The number of rotatable bonds is 8. The molecular weight excluding hydrogens is 236 g/mol. The van der Waals surface area contributed by atoms with Crippen molar-refractivity contribution in [3.8, 4) is 0 Å². The second-order valence-corrected chi connectivity index (χ2v) is 4.90. The highest BCUT2D eigenvalue weighted by Crippen LogP contribution is 2.16. The van der Waals surface area contributed by atoms with E-state index in [1.807, 2.05) is 17.5 Å². The van der Waals surface area contributed by atoms with Crippen LogP contribution in [-0.2, 0) is 4.79 Å². The van der Waals surface area contributed by atoms with Crippen LogP contribution in [0, 0.1) is 0 Å². The topological polar surface area (TPSA) is 75.4 Å². The smallest absolute Gasteiger partial charge is 0.242 e. The maximum atomic E-state index is 11.7. The number of thiophene rings is 1. The van der Waals surface area contributed by atoms with Crippen LogP contribution in [-0.4, -0.2) is 24.2 Å². The normalized spacial score (nSPS) is 12.4. The Morgan fingerprint density at radius 3 is 2.82 bits per heavy atom. The lowest BCUT2D eigenvalue weighted by molar-refractivity contribution is -0.122. The van der Waals surface area contributed by atoms with E-state index < -0.39 is 6.04 Å². The van der Waals surface area contributed by atoms with Crippen molar-refractivity contribution in [1.82, 2.24) is 5.32 Å². The molecule has 0 aliphatic carbocycles. The van der Waals surface area contributed by atoms with Crippen LogP contribution in [0.5, 0.6) is 0 Å². The molecule has 1 amide bonds. The van der Waals surface area contributed by atoms with Crippen LogP contribution < -0.4 is 11.1 Å². The monoisotopic (exact) mass is 256 g/mol. The Balaban J connectivity index is 2.13. The Morgan fingerprint density at radius 2 is 2.18 bits per heavy atom. The standard InChI is InChI=1S/C12H20N2O2S/c13-11(10-6-5-9-17-10)12(16)14-7-3-1-2-4-8-15/h5-6,9,11,15H,1-4,7-8,13H2,(H,14,16). The minimum absolute atomic E-state index is 0.116. The van der Waals surface area contributed by atoms with Crippen LogP contribution in [0.1, 0.15) is 36.6 Å². The highest BCUT2D eigenvalue weighted by molar-refractivity contribution is 7.10. The van der Waals surface area contributed by atoms with Crippen LogP contribution in [0.3, 0.4) is 0 Å². The number of aliphatic hydroxyl groups is 1. The Morgan fingerprint density at radius 1 is 1.41 bits per heavy atom. The molecule has 1 unspecified atom stereocenters. The van der Waals surface area contributed by atoms with Gasteiger partial charge in [-0.15, -0.1) is 11.3 Å². The molecule has 0 saturated heterocycles. The van der Waals surface area contributed by atoms with E-state index in [4.69, 9.17) is 10.8 Å². The van der Waals surface area contributed by atoms with Gasteiger partial charge in [-0.25, -0.2) is 0 Å². The van der Waals surface area contributed by atoms with Crippen LogP contribution in [0.2, 0.25) is 0 Å². The SMILES string of the molecule is NC(C(=O)NCCCCCCO)c1cccs1. The Hall–Kier alpha value is -0.910. The summed E-state index contributed by atoms with van der Waals surface area (Å²) in [7, 11) is 0. The quantitative estimate of drug-likeness (QED) is 0.616. The molecule has 1 atom stereocenters. The first-order valence-electron chi connectivity index (χ1n) is 5.93. The molecule has 4 nitrogen and oxygen atoms in total. The lowest BCUT2D eigenvalue weighted by atomic mass is 10.2. The summed E-state index contributed by atoms with van der Waals surface area (Å²) in [6.07, 6.45) is 3.80. The maximum absolute atomic E-state index is 11.7. The third-order valence-corrected chi connectivity index (χ3v) is 3.47. The highest BCUT2D eigenvalue weighted by atomic mass is 32.1. The van der Waals surface area contributed by atoms with E-state index in [9.17, 15) is 4.79 Å². The van der Waals surface area contributed by atoms with Crippen molar-refractivity contribution in [3.05, 3.63) is 22.4 Å². The number of amides is 1. The van der Waals surface area contributed by atoms with Crippen LogP contribution in [0.4, 0.5) is 0 Å². The number of nitrogens with one attached hydrogen (secondary N) is 1. The summed E-state index contributed by atoms with van der Waals surface area (Å²) in [6, 6.07) is 3.21. The van der Waals surface area contributed by atoms with Crippen molar-refractivity contribution >= 4 is 17.2 Å². The minimum Gasteiger partial charge on any atom is -0.396 e. The summed E-state index contributed by atoms with van der Waals surface area (Å²) in [5, 5.41) is 13.3. The molecule has 96 valence electrons. The van der Waals surface area contributed by atoms with Gasteiger partial charge in [-0.2, -0.15) is 0 Å². The summed E-state index contributed by atoms with van der Waals surface area (Å²) >= 11 is 1.50. The third kappa shape index (κ3) is 5.30. The van der Waals surface area contributed by atoms with Gasteiger partial charge in [0.15, 0.2) is 0 Å². The fourth-order valence-corrected chi connectivity index (χ4v) is 2.23. The average Bonchev–Trinajstić information content (AvgIpc) is 2.86. The van der Waals surface area contributed by atoms with Crippen LogP contribution in [0.25, 0.3) is 0 Å². The Labute approximate surface area is 106 Å². The molecule has 0 spiro atoms. The van der Waals surface area contributed by atoms with Crippen molar-refractivity contribution in [2.45, 2.75) is 31.7 Å². The number of aliphatic hydroxyl groups excluding tert-OH is 1. The average molecular weight is 256 g/mol. The molecule has 0 bridgehead atoms. The van der Waals surface area contributed by atoms with Gasteiger partial charge < -0.3 is 16.2 Å².